The molecule has 0 unspecified atom stereocenters. The Hall–Kier alpha value is -5.99. The van der Waals surface area contributed by atoms with Gasteiger partial charge in [-0.25, -0.2) is 4.79 Å². The lowest BCUT2D eigenvalue weighted by Gasteiger charge is -2.38. The van der Waals surface area contributed by atoms with Crippen molar-refractivity contribution in [2.45, 2.75) is 147 Å². The summed E-state index contributed by atoms with van der Waals surface area (Å²) in [4.78, 5) is 144. The summed E-state index contributed by atoms with van der Waals surface area (Å²) in [6.07, 6.45) is 0.953. The van der Waals surface area contributed by atoms with Crippen molar-refractivity contribution in [2.24, 2.45) is 0 Å². The first kappa shape index (κ1) is 71.1. The summed E-state index contributed by atoms with van der Waals surface area (Å²) in [5.41, 5.74) is 0. The van der Waals surface area contributed by atoms with Gasteiger partial charge in [0.1, 0.15) is 18.3 Å². The molecule has 0 aliphatic carbocycles. The van der Waals surface area contributed by atoms with Gasteiger partial charge in [0, 0.05) is 84.5 Å². The van der Waals surface area contributed by atoms with Crippen molar-refractivity contribution in [1.82, 2.24) is 57.4 Å². The van der Waals surface area contributed by atoms with Gasteiger partial charge in [-0.2, -0.15) is 0 Å². The molecule has 0 aromatic carbocycles. The minimum absolute atomic E-state index is 0.000463. The van der Waals surface area contributed by atoms with E-state index in [2.05, 4.69) is 42.5 Å². The fourth-order valence-electron chi connectivity index (χ4n) is 8.09. The number of hydrogen-bond acceptors (Lipinski definition) is 21. The number of unbranched alkanes of at least 4 members (excludes halogenated alkanes) is 8. The number of nitrogens with one attached hydrogen (secondary N) is 8. The van der Waals surface area contributed by atoms with E-state index < -0.39 is 83.9 Å². The largest absolute Gasteiger partial charge is 0.395 e. The molecular formula is C51H89N11O19. The maximum absolute atomic E-state index is 13.0. The number of hydroxylamine groups is 2. The van der Waals surface area contributed by atoms with E-state index in [1.54, 1.807) is 0 Å². The summed E-state index contributed by atoms with van der Waals surface area (Å²) in [6, 6.07) is 0. The van der Waals surface area contributed by atoms with Gasteiger partial charge in [-0.05, 0) is 64.7 Å². The average Bonchev–Trinajstić information content (AvgIpc) is 3.78. The molecule has 5 atom stereocenters. The van der Waals surface area contributed by atoms with Gasteiger partial charge in [0.2, 0.25) is 47.3 Å². The zero-order chi connectivity index (χ0) is 59.8. The number of rotatable bonds is 45. The minimum Gasteiger partial charge on any atom is -0.395 e. The van der Waals surface area contributed by atoms with Crippen LogP contribution in [0, 0.1) is 0 Å². The van der Waals surface area contributed by atoms with E-state index in [0.29, 0.717) is 88.7 Å². The summed E-state index contributed by atoms with van der Waals surface area (Å²) in [5, 5.41) is 69.7. The van der Waals surface area contributed by atoms with Crippen LogP contribution in [0.25, 0.3) is 0 Å². The Bertz CT molecular complexity index is 1960. The summed E-state index contributed by atoms with van der Waals surface area (Å²) < 4.78 is 10.8. The summed E-state index contributed by atoms with van der Waals surface area (Å²) in [6.45, 7) is 1.07. The molecule has 0 spiro atoms. The number of aliphatic hydroxyl groups is 5. The topological polar surface area (TPSA) is 423 Å². The maximum atomic E-state index is 13.0. The molecule has 2 saturated heterocycles. The van der Waals surface area contributed by atoms with E-state index in [1.165, 1.54) is 16.7 Å². The van der Waals surface area contributed by atoms with E-state index in [9.17, 15) is 68.1 Å². The van der Waals surface area contributed by atoms with Gasteiger partial charge >= 0.3 is 5.97 Å². The lowest BCUT2D eigenvalue weighted by atomic mass is 10.0. The van der Waals surface area contributed by atoms with E-state index >= 15 is 0 Å². The third kappa shape index (κ3) is 33.5. The van der Waals surface area contributed by atoms with Crippen LogP contribution in [0.1, 0.15) is 116 Å². The van der Waals surface area contributed by atoms with Crippen molar-refractivity contribution in [3.05, 3.63) is 0 Å². The van der Waals surface area contributed by atoms with E-state index in [4.69, 9.17) is 24.5 Å². The number of carbonyl (C=O) groups is 11. The van der Waals surface area contributed by atoms with Crippen molar-refractivity contribution in [2.75, 3.05) is 111 Å². The highest BCUT2D eigenvalue weighted by molar-refractivity contribution is 6.01. The number of aliphatic hydroxyl groups excluding tert-OH is 5. The fraction of sp³-hybridized carbons (Fsp3) is 0.784. The predicted molar refractivity (Wildman–Crippen MR) is 286 cm³/mol. The Balaban J connectivity index is 1.71. The molecule has 0 aromatic heterocycles. The number of imide groups is 1. The Morgan fingerprint density at radius 1 is 0.457 bits per heavy atom. The third-order valence-corrected chi connectivity index (χ3v) is 12.5. The molecule has 10 amide bonds. The second-order valence-electron chi connectivity index (χ2n) is 19.6. The van der Waals surface area contributed by atoms with Gasteiger partial charge in [-0.1, -0.05) is 19.3 Å². The van der Waals surface area contributed by atoms with Crippen LogP contribution < -0.4 is 42.5 Å². The highest BCUT2D eigenvalue weighted by atomic mass is 16.7. The molecule has 2 rings (SSSR count). The normalized spacial score (nSPS) is 17.8. The van der Waals surface area contributed by atoms with Gasteiger partial charge in [0.15, 0.2) is 6.29 Å². The van der Waals surface area contributed by atoms with Crippen molar-refractivity contribution in [3.8, 4) is 0 Å². The van der Waals surface area contributed by atoms with Crippen LogP contribution in [0.15, 0.2) is 0 Å². The molecule has 2 fully saturated rings. The molecule has 0 saturated carbocycles. The van der Waals surface area contributed by atoms with Crippen LogP contribution >= 0.6 is 0 Å². The zero-order valence-electron chi connectivity index (χ0n) is 46.7. The van der Waals surface area contributed by atoms with Gasteiger partial charge < -0.3 is 82.4 Å². The third-order valence-electron chi connectivity index (χ3n) is 12.5. The molecule has 0 aromatic rings. The average molecular weight is 1160 g/mol. The highest BCUT2D eigenvalue weighted by Crippen LogP contribution is 2.21. The monoisotopic (exact) mass is 1160 g/mol. The lowest BCUT2D eigenvalue weighted by Crippen LogP contribution is -2.57. The predicted octanol–water partition coefficient (Wildman–Crippen LogP) is -5.19. The van der Waals surface area contributed by atoms with Crippen molar-refractivity contribution in [3.63, 3.8) is 0 Å². The zero-order valence-corrected chi connectivity index (χ0v) is 46.7. The second-order valence-corrected chi connectivity index (χ2v) is 19.6. The molecule has 0 bridgehead atoms. The number of nitrogens with zero attached hydrogens (tertiary/aromatic N) is 3. The number of amides is 10. The summed E-state index contributed by atoms with van der Waals surface area (Å²) in [7, 11) is 0. The van der Waals surface area contributed by atoms with Gasteiger partial charge in [-0.15, -0.1) is 5.06 Å². The van der Waals surface area contributed by atoms with E-state index in [1.807, 2.05) is 0 Å². The standard InChI is InChI=1S/C51H89N11O19/c1-36-48(76)49(77)50(78)51(80-36)79-29-26-59-38(66)15-7-3-10-20-53-41(69)33-61(35-44(72)58-25-28-64)34-43(71)56-23-13-5-12-22-55-42(70)32-60(30-39(67)52-19-9-2-6-14-37(65)57-24-27-63)31-40(68)54-21-11-4-8-16-47(75)81-62-45(73)17-18-46(62)74/h36,48-51,63-64,76-78H,2-35H2,1H3,(H,52,67)(H,53,69)(H,54,68)(H,55,70)(H,56,71)(H,57,65)(H,58,72)(H,59,66)/t36-,48+,49+,50-,51+/m0/s1. The number of ether oxygens (including phenoxy) is 2. The molecule has 462 valence electrons. The van der Waals surface area contributed by atoms with Crippen molar-refractivity contribution < 1.29 is 92.6 Å². The minimum atomic E-state index is -1.45. The van der Waals surface area contributed by atoms with Gasteiger partial charge in [0.05, 0.1) is 65.2 Å². The first-order chi connectivity index (χ1) is 38.8. The van der Waals surface area contributed by atoms with Gasteiger partial charge in [-0.3, -0.25) is 57.7 Å². The van der Waals surface area contributed by atoms with Crippen LogP contribution in [0.2, 0.25) is 0 Å². The molecule has 13 N–H and O–H groups in total. The molecule has 30 heteroatoms. The van der Waals surface area contributed by atoms with E-state index in [0.717, 1.165) is 0 Å². The quantitative estimate of drug-likeness (QED) is 0.0200. The Morgan fingerprint density at radius 3 is 1.17 bits per heavy atom. The van der Waals surface area contributed by atoms with Crippen LogP contribution in [0.4, 0.5) is 0 Å². The van der Waals surface area contributed by atoms with Crippen LogP contribution in [0.5, 0.6) is 0 Å². The highest BCUT2D eigenvalue weighted by Gasteiger charge is 2.42. The maximum Gasteiger partial charge on any atom is 0.333 e. The van der Waals surface area contributed by atoms with Crippen LogP contribution in [-0.4, -0.2) is 248 Å². The Kier molecular flexibility index (Phi) is 37.6. The lowest BCUT2D eigenvalue weighted by molar-refractivity contribution is -0.292. The fourth-order valence-corrected chi connectivity index (χ4v) is 8.09. The van der Waals surface area contributed by atoms with Crippen LogP contribution in [-0.2, 0) is 67.1 Å². The number of hydrogen-bond donors (Lipinski definition) is 13. The molecule has 2 aliphatic heterocycles. The molecule has 30 nitrogen and oxygen atoms in total. The van der Waals surface area contributed by atoms with E-state index in [-0.39, 0.29) is 149 Å². The summed E-state index contributed by atoms with van der Waals surface area (Å²) in [5.74, 6) is -4.93. The second kappa shape index (κ2) is 42.8. The number of carbonyl (C=O) groups excluding carboxylic acids is 11. The van der Waals surface area contributed by atoms with Crippen molar-refractivity contribution >= 4 is 65.0 Å². The summed E-state index contributed by atoms with van der Waals surface area (Å²) >= 11 is 0. The molecular weight excluding hydrogens is 1070 g/mol. The van der Waals surface area contributed by atoms with Crippen LogP contribution in [0.3, 0.4) is 0 Å². The SMILES string of the molecule is C[C@@H]1O[C@@H](OCCNC(=O)CCCCCNC(=O)CN(CC(=O)NCCO)CC(=O)NCCCCCNC(=O)CN(CC(=O)NCCCCCC(=O)NCCO)CC(=O)NCCCCCC(=O)ON2C(=O)CCC2=O)[C@@H](O)[C@H](O)[C@@H]1O. The Morgan fingerprint density at radius 2 is 0.790 bits per heavy atom. The van der Waals surface area contributed by atoms with Crippen molar-refractivity contribution in [1.29, 1.82) is 0 Å². The molecule has 81 heavy (non-hydrogen) atoms. The smallest absolute Gasteiger partial charge is 0.333 e. The molecule has 2 aliphatic rings. The first-order valence-electron chi connectivity index (χ1n) is 28.0. The molecule has 2 heterocycles. The Labute approximate surface area is 472 Å². The molecule has 0 radical (unpaired) electrons. The van der Waals surface area contributed by atoms with Gasteiger partial charge in [0.25, 0.3) is 11.8 Å². The first-order valence-corrected chi connectivity index (χ1v) is 28.0.